The van der Waals surface area contributed by atoms with Crippen molar-refractivity contribution in [3.05, 3.63) is 39.8 Å². The Labute approximate surface area is 152 Å². The third-order valence-electron chi connectivity index (χ3n) is 3.78. The monoisotopic (exact) mass is 381 g/mol. The molecular weight excluding hydrogens is 369 g/mol. The Kier molecular flexibility index (Phi) is 4.30. The highest BCUT2D eigenvalue weighted by molar-refractivity contribution is 7.13. The summed E-state index contributed by atoms with van der Waals surface area (Å²) in [6, 6.07) is 5.72. The first kappa shape index (κ1) is 15.7. The van der Waals surface area contributed by atoms with Gasteiger partial charge in [-0.2, -0.15) is 4.98 Å². The van der Waals surface area contributed by atoms with Gasteiger partial charge in [-0.1, -0.05) is 28.4 Å². The summed E-state index contributed by atoms with van der Waals surface area (Å²) >= 11 is 13.7. The van der Waals surface area contributed by atoms with E-state index in [0.29, 0.717) is 21.9 Å². The minimum atomic E-state index is 0.483. The van der Waals surface area contributed by atoms with E-state index in [9.17, 15) is 0 Å². The summed E-state index contributed by atoms with van der Waals surface area (Å²) in [5, 5.41) is 8.17. The van der Waals surface area contributed by atoms with Crippen LogP contribution in [0.3, 0.4) is 0 Å². The maximum Gasteiger partial charge on any atom is 0.324 e. The second kappa shape index (κ2) is 6.58. The number of thiazole rings is 1. The minimum absolute atomic E-state index is 0.483. The first-order valence-corrected chi connectivity index (χ1v) is 9.02. The van der Waals surface area contributed by atoms with Crippen LogP contribution in [0.5, 0.6) is 0 Å². The van der Waals surface area contributed by atoms with Crippen LogP contribution in [0.4, 0.5) is 11.1 Å². The molecule has 124 valence electrons. The van der Waals surface area contributed by atoms with Gasteiger partial charge in [0, 0.05) is 53.4 Å². The zero-order chi connectivity index (χ0) is 16.5. The van der Waals surface area contributed by atoms with Gasteiger partial charge in [-0.3, -0.25) is 0 Å². The Bertz CT molecular complexity index is 810. The summed E-state index contributed by atoms with van der Waals surface area (Å²) in [6.45, 7) is 3.34. The SMILES string of the molecule is Clc1cc(Cl)cc(-c2noc(N3CCN(c4nccs4)CC3)n2)c1. The molecule has 0 unspecified atom stereocenters. The number of hydrogen-bond donors (Lipinski definition) is 0. The van der Waals surface area contributed by atoms with Gasteiger partial charge in [-0.15, -0.1) is 11.3 Å². The topological polar surface area (TPSA) is 58.3 Å². The van der Waals surface area contributed by atoms with Gasteiger partial charge >= 0.3 is 6.01 Å². The molecule has 0 aliphatic carbocycles. The van der Waals surface area contributed by atoms with Gasteiger partial charge in [0.1, 0.15) is 0 Å². The quantitative estimate of drug-likeness (QED) is 0.686. The molecule has 3 aromatic rings. The molecule has 0 radical (unpaired) electrons. The van der Waals surface area contributed by atoms with E-state index in [0.717, 1.165) is 36.9 Å². The van der Waals surface area contributed by atoms with Crippen LogP contribution in [0.15, 0.2) is 34.3 Å². The normalized spacial score (nSPS) is 15.1. The lowest BCUT2D eigenvalue weighted by Crippen LogP contribution is -2.46. The van der Waals surface area contributed by atoms with Gasteiger partial charge in [-0.05, 0) is 18.2 Å². The maximum absolute atomic E-state index is 6.03. The third kappa shape index (κ3) is 3.19. The lowest BCUT2D eigenvalue weighted by molar-refractivity contribution is 0.409. The number of anilines is 2. The number of hydrogen-bond acceptors (Lipinski definition) is 7. The summed E-state index contributed by atoms with van der Waals surface area (Å²) in [7, 11) is 0. The first-order valence-electron chi connectivity index (χ1n) is 7.38. The summed E-state index contributed by atoms with van der Waals surface area (Å²) < 4.78 is 5.41. The molecule has 1 aromatic carbocycles. The number of aromatic nitrogens is 3. The predicted octanol–water partition coefficient (Wildman–Crippen LogP) is 3.83. The smallest absolute Gasteiger partial charge is 0.324 e. The second-order valence-corrected chi connectivity index (χ2v) is 7.09. The predicted molar refractivity (Wildman–Crippen MR) is 96.3 cm³/mol. The highest BCUT2D eigenvalue weighted by Crippen LogP contribution is 2.27. The molecule has 24 heavy (non-hydrogen) atoms. The molecule has 4 rings (SSSR count). The van der Waals surface area contributed by atoms with Crippen molar-refractivity contribution >= 4 is 45.7 Å². The van der Waals surface area contributed by atoms with Crippen LogP contribution in [0, 0.1) is 0 Å². The van der Waals surface area contributed by atoms with E-state index < -0.39 is 0 Å². The van der Waals surface area contributed by atoms with Crippen molar-refractivity contribution in [2.45, 2.75) is 0 Å². The van der Waals surface area contributed by atoms with Crippen LogP contribution in [-0.4, -0.2) is 41.3 Å². The fourth-order valence-corrected chi connectivity index (χ4v) is 3.83. The fourth-order valence-electron chi connectivity index (χ4n) is 2.61. The Morgan fingerprint density at radius 1 is 1.00 bits per heavy atom. The standard InChI is InChI=1S/C15H13Cl2N5OS/c16-11-7-10(8-12(17)9-11)13-19-14(23-20-13)21-2-4-22(5-3-21)15-18-1-6-24-15/h1,6-9H,2-5H2. The van der Waals surface area contributed by atoms with Crippen LogP contribution in [0.2, 0.25) is 10.0 Å². The number of piperazine rings is 1. The van der Waals surface area contributed by atoms with Crippen molar-refractivity contribution in [2.24, 2.45) is 0 Å². The van der Waals surface area contributed by atoms with E-state index in [4.69, 9.17) is 27.7 Å². The van der Waals surface area contributed by atoms with Gasteiger partial charge in [0.25, 0.3) is 0 Å². The molecule has 1 fully saturated rings. The molecule has 0 amide bonds. The summed E-state index contributed by atoms with van der Waals surface area (Å²) in [6.07, 6.45) is 1.83. The van der Waals surface area contributed by atoms with E-state index in [-0.39, 0.29) is 0 Å². The summed E-state index contributed by atoms with van der Waals surface area (Å²) in [4.78, 5) is 13.2. The fraction of sp³-hybridized carbons (Fsp3) is 0.267. The largest absolute Gasteiger partial charge is 0.345 e. The minimum Gasteiger partial charge on any atom is -0.345 e. The van der Waals surface area contributed by atoms with Crippen LogP contribution < -0.4 is 9.80 Å². The average molecular weight is 382 g/mol. The Hall–Kier alpha value is -1.83. The van der Waals surface area contributed by atoms with Crippen LogP contribution in [0.1, 0.15) is 0 Å². The Morgan fingerprint density at radius 2 is 1.71 bits per heavy atom. The molecule has 9 heteroatoms. The lowest BCUT2D eigenvalue weighted by Gasteiger charge is -2.33. The van der Waals surface area contributed by atoms with Crippen molar-refractivity contribution in [2.75, 3.05) is 36.0 Å². The van der Waals surface area contributed by atoms with E-state index in [1.165, 1.54) is 0 Å². The number of halogens is 2. The van der Waals surface area contributed by atoms with Crippen molar-refractivity contribution in [3.8, 4) is 11.4 Å². The molecule has 3 heterocycles. The summed E-state index contributed by atoms with van der Waals surface area (Å²) in [5.74, 6) is 0.483. The number of nitrogens with zero attached hydrogens (tertiary/aromatic N) is 5. The molecule has 0 saturated carbocycles. The van der Waals surface area contributed by atoms with E-state index in [2.05, 4.69) is 24.9 Å². The molecule has 0 atom stereocenters. The van der Waals surface area contributed by atoms with Crippen molar-refractivity contribution in [1.29, 1.82) is 0 Å². The third-order valence-corrected chi connectivity index (χ3v) is 5.04. The molecule has 0 bridgehead atoms. The van der Waals surface area contributed by atoms with Gasteiger partial charge in [-0.25, -0.2) is 4.98 Å². The number of benzene rings is 1. The molecule has 1 aliphatic heterocycles. The molecule has 0 spiro atoms. The van der Waals surface area contributed by atoms with Gasteiger partial charge < -0.3 is 14.3 Å². The van der Waals surface area contributed by atoms with Crippen LogP contribution in [-0.2, 0) is 0 Å². The first-order chi connectivity index (χ1) is 11.7. The van der Waals surface area contributed by atoms with Crippen LogP contribution in [0.25, 0.3) is 11.4 Å². The molecule has 0 N–H and O–H groups in total. The summed E-state index contributed by atoms with van der Waals surface area (Å²) in [5.41, 5.74) is 0.740. The average Bonchev–Trinajstić information content (AvgIpc) is 3.26. The molecular formula is C15H13Cl2N5OS. The number of rotatable bonds is 3. The van der Waals surface area contributed by atoms with E-state index >= 15 is 0 Å². The van der Waals surface area contributed by atoms with Gasteiger partial charge in [0.05, 0.1) is 0 Å². The second-order valence-electron chi connectivity index (χ2n) is 5.35. The molecule has 2 aromatic heterocycles. The maximum atomic E-state index is 6.03. The van der Waals surface area contributed by atoms with E-state index in [1.54, 1.807) is 29.5 Å². The van der Waals surface area contributed by atoms with Crippen molar-refractivity contribution < 1.29 is 4.52 Å². The zero-order valence-corrected chi connectivity index (χ0v) is 14.9. The molecule has 1 aliphatic rings. The highest BCUT2D eigenvalue weighted by atomic mass is 35.5. The van der Waals surface area contributed by atoms with Crippen LogP contribution >= 0.6 is 34.5 Å². The van der Waals surface area contributed by atoms with Crippen molar-refractivity contribution in [3.63, 3.8) is 0 Å². The highest BCUT2D eigenvalue weighted by Gasteiger charge is 2.23. The van der Waals surface area contributed by atoms with E-state index in [1.807, 2.05) is 11.6 Å². The lowest BCUT2D eigenvalue weighted by atomic mass is 10.2. The molecule has 6 nitrogen and oxygen atoms in total. The Balaban J connectivity index is 1.48. The molecule has 1 saturated heterocycles. The van der Waals surface area contributed by atoms with Gasteiger partial charge in [0.15, 0.2) is 5.13 Å². The Morgan fingerprint density at radius 3 is 2.38 bits per heavy atom. The van der Waals surface area contributed by atoms with Crippen molar-refractivity contribution in [1.82, 2.24) is 15.1 Å². The van der Waals surface area contributed by atoms with Gasteiger partial charge in [0.2, 0.25) is 5.82 Å². The zero-order valence-electron chi connectivity index (χ0n) is 12.5.